The van der Waals surface area contributed by atoms with Crippen LogP contribution in [0.25, 0.3) is 21.0 Å². The van der Waals surface area contributed by atoms with Crippen molar-refractivity contribution in [1.82, 2.24) is 4.57 Å². The Hall–Kier alpha value is -2.96. The van der Waals surface area contributed by atoms with Crippen molar-refractivity contribution in [3.05, 3.63) is 71.0 Å². The average molecular weight is 435 g/mol. The molecule has 0 unspecified atom stereocenters. The van der Waals surface area contributed by atoms with Gasteiger partial charge in [-0.05, 0) is 48.4 Å². The Morgan fingerprint density at radius 3 is 2.71 bits per heavy atom. The first kappa shape index (κ1) is 21.3. The molecule has 0 aliphatic heterocycles. The van der Waals surface area contributed by atoms with E-state index in [1.807, 2.05) is 56.3 Å². The lowest BCUT2D eigenvalue weighted by atomic mass is 10.0. The summed E-state index contributed by atoms with van der Waals surface area (Å²) in [4.78, 5) is 18.1. The van der Waals surface area contributed by atoms with Gasteiger partial charge in [0.05, 0.1) is 29.9 Å². The van der Waals surface area contributed by atoms with Gasteiger partial charge in [0.2, 0.25) is 0 Å². The molecule has 0 radical (unpaired) electrons. The fourth-order valence-corrected chi connectivity index (χ4v) is 4.77. The monoisotopic (exact) mass is 434 g/mol. The highest BCUT2D eigenvalue weighted by Crippen LogP contribution is 2.24. The summed E-state index contributed by atoms with van der Waals surface area (Å²) in [7, 11) is 0. The zero-order valence-electron chi connectivity index (χ0n) is 17.8. The molecule has 1 aromatic heterocycles. The maximum atomic E-state index is 12.9. The third-order valence-corrected chi connectivity index (χ3v) is 6.11. The fourth-order valence-electron chi connectivity index (χ4n) is 3.67. The number of fused-ring (bicyclic) bond motifs is 2. The molecule has 160 valence electrons. The summed E-state index contributed by atoms with van der Waals surface area (Å²) < 4.78 is 14.3. The molecule has 0 aliphatic rings. The molecular weight excluding hydrogens is 408 g/mol. The minimum atomic E-state index is -0.155. The van der Waals surface area contributed by atoms with Crippen molar-refractivity contribution in [2.24, 2.45) is 4.99 Å². The predicted octanol–water partition coefficient (Wildman–Crippen LogP) is 4.96. The second kappa shape index (κ2) is 9.90. The Labute approximate surface area is 185 Å². The highest BCUT2D eigenvalue weighted by Gasteiger charge is 2.11. The van der Waals surface area contributed by atoms with Crippen LogP contribution in [-0.2, 0) is 22.5 Å². The Kier molecular flexibility index (Phi) is 6.79. The summed E-state index contributed by atoms with van der Waals surface area (Å²) in [5.41, 5.74) is 2.03. The molecule has 0 aliphatic carbocycles. The van der Waals surface area contributed by atoms with Crippen molar-refractivity contribution < 1.29 is 14.3 Å². The summed E-state index contributed by atoms with van der Waals surface area (Å²) in [5.74, 6) is 0.667. The van der Waals surface area contributed by atoms with Crippen LogP contribution in [0.3, 0.4) is 0 Å². The number of amides is 1. The highest BCUT2D eigenvalue weighted by molar-refractivity contribution is 7.16. The number of nitrogens with zero attached hydrogens (tertiary/aromatic N) is 2. The van der Waals surface area contributed by atoms with E-state index in [1.54, 1.807) is 0 Å². The molecule has 0 atom stereocenters. The minimum Gasteiger partial charge on any atom is -0.494 e. The number of hydrogen-bond donors (Lipinski definition) is 0. The predicted molar refractivity (Wildman–Crippen MR) is 126 cm³/mol. The van der Waals surface area contributed by atoms with Crippen molar-refractivity contribution in [2.75, 3.05) is 19.8 Å². The molecule has 0 saturated carbocycles. The number of benzene rings is 3. The molecule has 0 bridgehead atoms. The van der Waals surface area contributed by atoms with Crippen molar-refractivity contribution in [3.8, 4) is 5.75 Å². The summed E-state index contributed by atoms with van der Waals surface area (Å²) >= 11 is 1.50. The molecule has 4 rings (SSSR count). The van der Waals surface area contributed by atoms with Crippen LogP contribution in [0.4, 0.5) is 0 Å². The van der Waals surface area contributed by atoms with Crippen molar-refractivity contribution in [3.63, 3.8) is 0 Å². The van der Waals surface area contributed by atoms with E-state index in [9.17, 15) is 4.79 Å². The highest BCUT2D eigenvalue weighted by atomic mass is 32.1. The summed E-state index contributed by atoms with van der Waals surface area (Å²) in [5, 5.41) is 2.22. The van der Waals surface area contributed by atoms with E-state index < -0.39 is 0 Å². The van der Waals surface area contributed by atoms with Gasteiger partial charge in [-0.15, -0.1) is 0 Å². The van der Waals surface area contributed by atoms with Crippen LogP contribution in [0.1, 0.15) is 19.4 Å². The molecule has 6 heteroatoms. The zero-order valence-corrected chi connectivity index (χ0v) is 18.7. The second-order valence-corrected chi connectivity index (χ2v) is 8.13. The number of thiazole rings is 1. The molecule has 5 nitrogen and oxygen atoms in total. The number of carbonyl (C=O) groups is 1. The largest absolute Gasteiger partial charge is 0.494 e. The molecule has 0 fully saturated rings. The van der Waals surface area contributed by atoms with Gasteiger partial charge in [0, 0.05) is 13.2 Å². The van der Waals surface area contributed by atoms with E-state index in [0.717, 1.165) is 32.3 Å². The standard InChI is InChI=1S/C25H26N2O3S/c1-3-29-15-14-27-22-13-12-20(30-4-2)17-23(22)31-25(27)26-24(28)16-19-10-7-9-18-8-5-6-11-21(18)19/h5-13,17H,3-4,14-16H2,1-2H3. The van der Waals surface area contributed by atoms with E-state index in [-0.39, 0.29) is 12.3 Å². The number of rotatable bonds is 8. The van der Waals surface area contributed by atoms with Crippen molar-refractivity contribution >= 4 is 38.2 Å². The average Bonchev–Trinajstić information content (AvgIpc) is 3.10. The van der Waals surface area contributed by atoms with Gasteiger partial charge >= 0.3 is 0 Å². The quantitative estimate of drug-likeness (QED) is 0.368. The van der Waals surface area contributed by atoms with E-state index >= 15 is 0 Å². The summed E-state index contributed by atoms with van der Waals surface area (Å²) in [6.45, 7) is 6.42. The molecule has 0 saturated heterocycles. The first-order valence-corrected chi connectivity index (χ1v) is 11.4. The summed E-state index contributed by atoms with van der Waals surface area (Å²) in [6, 6.07) is 20.1. The van der Waals surface area contributed by atoms with Crippen LogP contribution in [0.15, 0.2) is 65.7 Å². The van der Waals surface area contributed by atoms with Crippen LogP contribution < -0.4 is 9.54 Å². The topological polar surface area (TPSA) is 52.8 Å². The van der Waals surface area contributed by atoms with E-state index in [4.69, 9.17) is 9.47 Å². The van der Waals surface area contributed by atoms with Crippen molar-refractivity contribution in [1.29, 1.82) is 0 Å². The Balaban J connectivity index is 1.70. The van der Waals surface area contributed by atoms with Gasteiger partial charge in [-0.3, -0.25) is 4.79 Å². The molecule has 0 N–H and O–H groups in total. The van der Waals surface area contributed by atoms with Gasteiger partial charge in [-0.25, -0.2) is 0 Å². The maximum absolute atomic E-state index is 12.9. The molecule has 31 heavy (non-hydrogen) atoms. The Morgan fingerprint density at radius 2 is 1.87 bits per heavy atom. The summed E-state index contributed by atoms with van der Waals surface area (Å²) in [6.07, 6.45) is 0.269. The molecule has 1 heterocycles. The molecule has 3 aromatic carbocycles. The smallest absolute Gasteiger partial charge is 0.252 e. The zero-order chi connectivity index (χ0) is 21.6. The van der Waals surface area contributed by atoms with Crippen LogP contribution in [-0.4, -0.2) is 30.3 Å². The number of ether oxygens (including phenoxy) is 2. The van der Waals surface area contributed by atoms with Crippen LogP contribution >= 0.6 is 11.3 Å². The lowest BCUT2D eigenvalue weighted by Gasteiger charge is -2.07. The third-order valence-electron chi connectivity index (χ3n) is 5.07. The molecular formula is C25H26N2O3S. The van der Waals surface area contributed by atoms with Gasteiger partial charge < -0.3 is 14.0 Å². The van der Waals surface area contributed by atoms with Crippen LogP contribution in [0, 0.1) is 0 Å². The number of carbonyl (C=O) groups excluding carboxylic acids is 1. The van der Waals surface area contributed by atoms with E-state index in [2.05, 4.69) is 27.8 Å². The molecule has 0 spiro atoms. The number of hydrogen-bond acceptors (Lipinski definition) is 4. The normalized spacial score (nSPS) is 12.0. The lowest BCUT2D eigenvalue weighted by molar-refractivity contribution is -0.117. The van der Waals surface area contributed by atoms with Crippen molar-refractivity contribution in [2.45, 2.75) is 26.8 Å². The first-order valence-electron chi connectivity index (χ1n) is 10.6. The van der Waals surface area contributed by atoms with Gasteiger partial charge in [0.1, 0.15) is 5.75 Å². The fraction of sp³-hybridized carbons (Fsp3) is 0.280. The Morgan fingerprint density at radius 1 is 1.03 bits per heavy atom. The number of aromatic nitrogens is 1. The van der Waals surface area contributed by atoms with Gasteiger partial charge in [0.25, 0.3) is 5.91 Å². The van der Waals surface area contributed by atoms with E-state index in [1.165, 1.54) is 11.3 Å². The molecule has 4 aromatic rings. The van der Waals surface area contributed by atoms with Gasteiger partial charge in [-0.2, -0.15) is 4.99 Å². The Bertz CT molecular complexity index is 1270. The van der Waals surface area contributed by atoms with Gasteiger partial charge in [-0.1, -0.05) is 53.8 Å². The van der Waals surface area contributed by atoms with Gasteiger partial charge in [0.15, 0.2) is 4.80 Å². The molecule has 1 amide bonds. The lowest BCUT2D eigenvalue weighted by Crippen LogP contribution is -2.20. The second-order valence-electron chi connectivity index (χ2n) is 7.12. The van der Waals surface area contributed by atoms with Crippen LogP contribution in [0.5, 0.6) is 5.75 Å². The first-order chi connectivity index (χ1) is 15.2. The third kappa shape index (κ3) is 4.86. The minimum absolute atomic E-state index is 0.155. The van der Waals surface area contributed by atoms with Crippen LogP contribution in [0.2, 0.25) is 0 Å². The maximum Gasteiger partial charge on any atom is 0.252 e. The van der Waals surface area contributed by atoms with E-state index in [0.29, 0.717) is 31.2 Å². The SMILES string of the molecule is CCOCCn1c(=NC(=O)Cc2cccc3ccccc23)sc2cc(OCC)ccc21.